The van der Waals surface area contributed by atoms with E-state index in [2.05, 4.69) is 161 Å². The lowest BCUT2D eigenvalue weighted by atomic mass is 10.2. The normalized spacial score (nSPS) is 8.45. The van der Waals surface area contributed by atoms with E-state index >= 15 is 0 Å². The molecule has 0 nitrogen and oxygen atoms in total. The van der Waals surface area contributed by atoms with Crippen molar-refractivity contribution >= 4 is 97.3 Å². The van der Waals surface area contributed by atoms with Crippen molar-refractivity contribution in [1.82, 2.24) is 0 Å². The zero-order chi connectivity index (χ0) is 17.7. The number of halogens is 6. The summed E-state index contributed by atoms with van der Waals surface area (Å²) in [5.41, 5.74) is 5.23. The predicted octanol–water partition coefficient (Wildman–Crippen LogP) is 9.59. The van der Waals surface area contributed by atoms with Crippen LogP contribution in [-0.4, -0.2) is 0 Å². The van der Waals surface area contributed by atoms with Gasteiger partial charge in [0.25, 0.3) is 0 Å². The van der Waals surface area contributed by atoms with Gasteiger partial charge in [-0.1, -0.05) is 73.3 Å². The lowest BCUT2D eigenvalue weighted by Crippen LogP contribution is -1.79. The van der Waals surface area contributed by atoms with Crippen molar-refractivity contribution in [3.05, 3.63) is 67.6 Å². The largest absolute Gasteiger partial charge is 0.0617 e. The van der Waals surface area contributed by atoms with Gasteiger partial charge in [-0.3, -0.25) is 0 Å². The maximum absolute atomic E-state index is 3.45. The van der Waals surface area contributed by atoms with E-state index in [1.807, 2.05) is 0 Å². The second-order valence-electron chi connectivity index (χ2n) is 4.51. The van der Waals surface area contributed by atoms with Gasteiger partial charge in [0, 0.05) is 74.4 Å². The molecule has 0 amide bonds. The van der Waals surface area contributed by atoms with Gasteiger partial charge in [0.2, 0.25) is 0 Å². The van der Waals surface area contributed by atoms with Crippen LogP contribution in [0.25, 0.3) is 0 Å². The molecule has 22 heavy (non-hydrogen) atoms. The minimum atomic E-state index is 1.16. The Bertz CT molecular complexity index is 478. The van der Waals surface area contributed by atoms with Gasteiger partial charge in [-0.2, -0.15) is 0 Å². The van der Waals surface area contributed by atoms with E-state index in [0.29, 0.717) is 0 Å². The summed E-state index contributed by atoms with van der Waals surface area (Å²) in [7, 11) is 0. The van der Waals surface area contributed by atoms with Gasteiger partial charge in [-0.25, -0.2) is 0 Å². The molecule has 2 aromatic carbocycles. The Balaban J connectivity index is 0. The Morgan fingerprint density at radius 3 is 1.27 bits per heavy atom. The smallest absolute Gasteiger partial charge is 0.0215 e. The number of aryl methyl sites for hydroxylation is 4. The molecule has 0 fully saturated rings. The molecular formula is C16H18Br4I2. The minimum absolute atomic E-state index is 1.16. The summed E-state index contributed by atoms with van der Waals surface area (Å²) in [4.78, 5) is 0. The van der Waals surface area contributed by atoms with Crippen molar-refractivity contribution in [3.63, 3.8) is 0 Å². The van der Waals surface area contributed by atoms with Gasteiger partial charge >= 0.3 is 0 Å². The highest BCUT2D eigenvalue weighted by molar-refractivity contribution is 15.0. The lowest BCUT2D eigenvalue weighted by molar-refractivity contribution is 1.33. The van der Waals surface area contributed by atoms with Crippen molar-refractivity contribution in [2.24, 2.45) is 0 Å². The second-order valence-corrected chi connectivity index (χ2v) is 6.22. The fraction of sp³-hybridized carbons (Fsp3) is 0.250. The molecule has 0 saturated heterocycles. The van der Waals surface area contributed by atoms with Crippen LogP contribution in [-0.2, 0) is 0 Å². The van der Waals surface area contributed by atoms with Gasteiger partial charge in [-0.15, -0.1) is 0 Å². The fourth-order valence-corrected chi connectivity index (χ4v) is 2.60. The molecule has 124 valence electrons. The third-order valence-corrected chi connectivity index (χ3v) is 4.32. The highest BCUT2D eigenvalue weighted by Gasteiger charge is 1.98. The Hall–Kier alpha value is 1.82. The first kappa shape index (κ1) is 26.1. The Kier molecular flexibility index (Phi) is 19.3. The molecule has 0 N–H and O–H groups in total. The quantitative estimate of drug-likeness (QED) is 0.234. The molecule has 0 saturated carbocycles. The van der Waals surface area contributed by atoms with Crippen LogP contribution in [0, 0.1) is 27.7 Å². The van der Waals surface area contributed by atoms with Crippen LogP contribution < -0.4 is 0 Å². The Morgan fingerprint density at radius 2 is 1.05 bits per heavy atom. The Labute approximate surface area is 190 Å². The summed E-state index contributed by atoms with van der Waals surface area (Å²) < 4.78 is 2.31. The molecule has 0 spiro atoms. The summed E-state index contributed by atoms with van der Waals surface area (Å²) in [6.45, 7) is 8.38. The summed E-state index contributed by atoms with van der Waals surface area (Å²) in [5, 5.41) is 0. The van der Waals surface area contributed by atoms with Crippen molar-refractivity contribution in [1.29, 1.82) is 0 Å². The zero-order valence-electron chi connectivity index (χ0n) is 12.7. The van der Waals surface area contributed by atoms with Gasteiger partial charge in [0.15, 0.2) is 0 Å². The average molecular weight is 784 g/mol. The monoisotopic (exact) mass is 780 g/mol. The lowest BCUT2D eigenvalue weighted by Gasteiger charge is -2.01. The molecule has 0 heterocycles. The number of rotatable bonds is 0. The van der Waals surface area contributed by atoms with Gasteiger partial charge in [0.1, 0.15) is 0 Å². The fourth-order valence-electron chi connectivity index (χ4n) is 1.61. The topological polar surface area (TPSA) is 0 Å². The van der Waals surface area contributed by atoms with E-state index in [9.17, 15) is 0 Å². The van der Waals surface area contributed by atoms with Gasteiger partial charge in [-0.05, 0) is 44.9 Å². The third-order valence-electron chi connectivity index (χ3n) is 2.61. The summed E-state index contributed by atoms with van der Waals surface area (Å²) >= 11 is 16.6. The number of hydrogen-bond donors (Lipinski definition) is 0. The Morgan fingerprint density at radius 1 is 0.682 bits per heavy atom. The maximum Gasteiger partial charge on any atom is 0.0215 e. The minimum Gasteiger partial charge on any atom is -0.0617 e. The van der Waals surface area contributed by atoms with Crippen molar-refractivity contribution in [2.75, 3.05) is 0 Å². The molecule has 0 radical (unpaired) electrons. The van der Waals surface area contributed by atoms with Gasteiger partial charge < -0.3 is 0 Å². The van der Waals surface area contributed by atoms with Crippen LogP contribution in [0.2, 0.25) is 0 Å². The first-order valence-corrected chi connectivity index (χ1v) is 17.7. The van der Waals surface area contributed by atoms with Crippen LogP contribution >= 0.6 is 97.3 Å². The molecule has 6 heteroatoms. The highest BCUT2D eigenvalue weighted by Crippen LogP contribution is 2.24. The van der Waals surface area contributed by atoms with E-state index in [4.69, 9.17) is 0 Å². The molecule has 0 aromatic heterocycles. The van der Waals surface area contributed by atoms with E-state index in [-0.39, 0.29) is 0 Å². The first-order valence-electron chi connectivity index (χ1n) is 6.14. The molecule has 0 bridgehead atoms. The molecule has 0 unspecified atom stereocenters. The van der Waals surface area contributed by atoms with Crippen LogP contribution in [0.15, 0.2) is 45.3 Å². The second kappa shape index (κ2) is 16.3. The molecule has 0 aliphatic heterocycles. The molecular weight excluding hydrogens is 766 g/mol. The number of hydrogen-bond acceptors (Lipinski definition) is 0. The van der Waals surface area contributed by atoms with E-state index in [0.717, 1.165) is 8.95 Å². The van der Waals surface area contributed by atoms with Crippen molar-refractivity contribution in [2.45, 2.75) is 27.7 Å². The van der Waals surface area contributed by atoms with Crippen LogP contribution in [0.4, 0.5) is 0 Å². The van der Waals surface area contributed by atoms with Crippen molar-refractivity contribution in [3.8, 4) is 0 Å². The number of benzene rings is 2. The maximum atomic E-state index is 3.45. The standard InChI is InChI=1S/C8H8Br2.C8H10.Br2.I2/c1-5-3-6(2)8(10)4-7(5)9;1-7-4-3-5-8(2)6-7;2*1-2/h3-4H,1-2H3;3-6H,1-2H3;;. The van der Waals surface area contributed by atoms with Crippen LogP contribution in [0.3, 0.4) is 0 Å². The molecule has 2 aromatic rings. The van der Waals surface area contributed by atoms with E-state index in [1.165, 1.54) is 22.3 Å². The van der Waals surface area contributed by atoms with Crippen LogP contribution in [0.5, 0.6) is 0 Å². The first-order chi connectivity index (χ1) is 10.4. The summed E-state index contributed by atoms with van der Waals surface area (Å²) in [5.74, 6) is 0. The summed E-state index contributed by atoms with van der Waals surface area (Å²) in [6, 6.07) is 12.7. The van der Waals surface area contributed by atoms with Crippen LogP contribution in [0.1, 0.15) is 22.3 Å². The molecule has 0 aliphatic carbocycles. The van der Waals surface area contributed by atoms with Gasteiger partial charge in [0.05, 0.1) is 0 Å². The molecule has 2 rings (SSSR count). The zero-order valence-corrected chi connectivity index (χ0v) is 23.4. The van der Waals surface area contributed by atoms with E-state index < -0.39 is 0 Å². The summed E-state index contributed by atoms with van der Waals surface area (Å²) in [6.07, 6.45) is 0. The average Bonchev–Trinajstić information content (AvgIpc) is 2.50. The van der Waals surface area contributed by atoms with E-state index in [1.54, 1.807) is 0 Å². The molecule has 0 atom stereocenters. The molecule has 0 aliphatic rings. The van der Waals surface area contributed by atoms with Crippen molar-refractivity contribution < 1.29 is 0 Å². The predicted molar refractivity (Wildman–Crippen MR) is 133 cm³/mol. The highest BCUT2D eigenvalue weighted by atomic mass is 128. The SMILES string of the molecule is BrBr.Cc1cc(C)c(Br)cc1Br.Cc1cccc(C)c1.II. The third kappa shape index (κ3) is 12.2.